The molecular weight excluding hydrogens is 717 g/mol. The van der Waals surface area contributed by atoms with Crippen molar-refractivity contribution in [3.05, 3.63) is 132 Å². The monoisotopic (exact) mass is 775 g/mol. The molecule has 0 unspecified atom stereocenters. The van der Waals surface area contributed by atoms with Crippen LogP contribution in [0.2, 0.25) is 0 Å². The maximum absolute atomic E-state index is 4.76. The Kier molecular flexibility index (Phi) is 9.53. The van der Waals surface area contributed by atoms with E-state index in [4.69, 9.17) is 9.97 Å². The van der Waals surface area contributed by atoms with Crippen molar-refractivity contribution in [1.29, 1.82) is 0 Å². The Morgan fingerprint density at radius 3 is 1.32 bits per heavy atom. The largest absolute Gasteiger partial charge is 0.311 e. The first-order valence-corrected chi connectivity index (χ1v) is 22.4. The highest BCUT2D eigenvalue weighted by Crippen LogP contribution is 2.48. The maximum atomic E-state index is 4.76. The molecule has 3 heterocycles. The first kappa shape index (κ1) is 38.0. The number of benzene rings is 5. The molecular formula is C53H58BN5. The zero-order chi connectivity index (χ0) is 40.5. The van der Waals surface area contributed by atoms with Crippen molar-refractivity contribution in [3.8, 4) is 11.4 Å². The van der Waals surface area contributed by atoms with Gasteiger partial charge < -0.3 is 9.80 Å². The first-order chi connectivity index (χ1) is 28.5. The molecule has 1 aromatic heterocycles. The lowest BCUT2D eigenvalue weighted by molar-refractivity contribution is 0.444. The van der Waals surface area contributed by atoms with Gasteiger partial charge in [-0.05, 0) is 136 Å². The van der Waals surface area contributed by atoms with E-state index in [0.717, 1.165) is 5.56 Å². The van der Waals surface area contributed by atoms with Crippen molar-refractivity contribution in [2.45, 2.75) is 128 Å². The van der Waals surface area contributed by atoms with Crippen molar-refractivity contribution in [2.24, 2.45) is 0 Å². The SMILES string of the molecule is CC(C)(C)c1ccc(N2c3cc(C4CCCCC4)ccc3B3c4ccc(C5CCCCC5)cc4N(c4ccc(C(C)(C)C)cc4)c4cc(-c5ncncn5)cc2c43)cc1. The molecule has 2 aliphatic heterocycles. The molecule has 59 heavy (non-hydrogen) atoms. The van der Waals surface area contributed by atoms with E-state index in [2.05, 4.69) is 153 Å². The fourth-order valence-electron chi connectivity index (χ4n) is 10.7. The third-order valence-electron chi connectivity index (χ3n) is 14.0. The van der Waals surface area contributed by atoms with Crippen molar-refractivity contribution < 1.29 is 0 Å². The molecule has 5 aromatic carbocycles. The summed E-state index contributed by atoms with van der Waals surface area (Å²) in [5.74, 6) is 1.87. The molecule has 2 aliphatic carbocycles. The van der Waals surface area contributed by atoms with Gasteiger partial charge in [0.05, 0.1) is 0 Å². The van der Waals surface area contributed by atoms with Crippen molar-refractivity contribution in [3.63, 3.8) is 0 Å². The Morgan fingerprint density at radius 1 is 0.492 bits per heavy atom. The quantitative estimate of drug-likeness (QED) is 0.163. The summed E-state index contributed by atoms with van der Waals surface area (Å²) in [5, 5.41) is 0. The van der Waals surface area contributed by atoms with E-state index in [1.807, 2.05) is 0 Å². The average molecular weight is 776 g/mol. The van der Waals surface area contributed by atoms with Gasteiger partial charge in [0.2, 0.25) is 0 Å². The zero-order valence-corrected chi connectivity index (χ0v) is 35.9. The van der Waals surface area contributed by atoms with Gasteiger partial charge >= 0.3 is 0 Å². The molecule has 6 heteroatoms. The van der Waals surface area contributed by atoms with Crippen LogP contribution in [0.25, 0.3) is 11.4 Å². The zero-order valence-electron chi connectivity index (χ0n) is 35.9. The minimum atomic E-state index is 0.0541. The lowest BCUT2D eigenvalue weighted by Crippen LogP contribution is -2.61. The second kappa shape index (κ2) is 14.8. The minimum Gasteiger partial charge on any atom is -0.311 e. The molecule has 0 atom stereocenters. The molecule has 5 nitrogen and oxygen atoms in total. The van der Waals surface area contributed by atoms with Crippen molar-refractivity contribution in [2.75, 3.05) is 9.80 Å². The van der Waals surface area contributed by atoms with Crippen molar-refractivity contribution in [1.82, 2.24) is 15.0 Å². The van der Waals surface area contributed by atoms with E-state index in [1.165, 1.54) is 137 Å². The molecule has 0 bridgehead atoms. The lowest BCUT2D eigenvalue weighted by Gasteiger charge is -2.45. The van der Waals surface area contributed by atoms with Gasteiger partial charge in [-0.2, -0.15) is 0 Å². The number of fused-ring (bicyclic) bond motifs is 4. The second-order valence-electron chi connectivity index (χ2n) is 19.9. The summed E-state index contributed by atoms with van der Waals surface area (Å²) < 4.78 is 0. The van der Waals surface area contributed by atoms with Crippen LogP contribution in [0.3, 0.4) is 0 Å². The van der Waals surface area contributed by atoms with E-state index >= 15 is 0 Å². The van der Waals surface area contributed by atoms with E-state index < -0.39 is 0 Å². The van der Waals surface area contributed by atoms with Gasteiger partial charge in [0.25, 0.3) is 6.71 Å². The van der Waals surface area contributed by atoms with E-state index in [1.54, 1.807) is 12.7 Å². The maximum Gasteiger partial charge on any atom is 0.252 e. The first-order valence-electron chi connectivity index (χ1n) is 22.4. The lowest BCUT2D eigenvalue weighted by atomic mass is 9.33. The molecule has 0 radical (unpaired) electrons. The molecule has 298 valence electrons. The molecule has 0 spiro atoms. The van der Waals surface area contributed by atoms with Crippen LogP contribution in [0.4, 0.5) is 34.1 Å². The number of hydrogen-bond acceptors (Lipinski definition) is 5. The highest BCUT2D eigenvalue weighted by molar-refractivity contribution is 7.00. The van der Waals surface area contributed by atoms with Gasteiger partial charge in [0, 0.05) is 39.7 Å². The van der Waals surface area contributed by atoms with Crippen LogP contribution in [0.15, 0.2) is 110 Å². The summed E-state index contributed by atoms with van der Waals surface area (Å²) >= 11 is 0. The van der Waals surface area contributed by atoms with Crippen LogP contribution in [-0.4, -0.2) is 21.7 Å². The Hall–Kier alpha value is -5.23. The molecule has 2 fully saturated rings. The normalized spacial score (nSPS) is 17.1. The van der Waals surface area contributed by atoms with Crippen LogP contribution in [0, 0.1) is 0 Å². The summed E-state index contributed by atoms with van der Waals surface area (Å²) in [5.41, 5.74) is 18.1. The third kappa shape index (κ3) is 6.87. The minimum absolute atomic E-state index is 0.0541. The Labute approximate surface area is 352 Å². The van der Waals surface area contributed by atoms with Crippen LogP contribution in [0.1, 0.15) is 140 Å². The van der Waals surface area contributed by atoms with Crippen molar-refractivity contribution >= 4 is 57.2 Å². The molecule has 6 aromatic rings. The van der Waals surface area contributed by atoms with Crippen LogP contribution in [0.5, 0.6) is 0 Å². The molecule has 10 rings (SSSR count). The van der Waals surface area contributed by atoms with Gasteiger partial charge in [-0.25, -0.2) is 15.0 Å². The average Bonchev–Trinajstić information content (AvgIpc) is 3.26. The smallest absolute Gasteiger partial charge is 0.252 e. The van der Waals surface area contributed by atoms with Crippen LogP contribution in [-0.2, 0) is 10.8 Å². The topological polar surface area (TPSA) is 45.2 Å². The van der Waals surface area contributed by atoms with Gasteiger partial charge in [-0.1, -0.05) is 129 Å². The van der Waals surface area contributed by atoms with Gasteiger partial charge in [0.1, 0.15) is 12.7 Å². The summed E-state index contributed by atoms with van der Waals surface area (Å²) in [6.07, 6.45) is 16.3. The number of nitrogens with zero attached hydrogens (tertiary/aromatic N) is 5. The summed E-state index contributed by atoms with van der Waals surface area (Å²) in [7, 11) is 0. The molecule has 0 N–H and O–H groups in total. The van der Waals surface area contributed by atoms with Crippen LogP contribution < -0.4 is 26.2 Å². The standard InChI is InChI=1S/C53H58BN5/c1-52(2,3)40-19-23-42(24-20-40)58-46-29-37(35-13-9-7-10-14-35)17-27-44(46)54-45-28-18-38(36-15-11-8-12-16-36)30-47(45)59(43-25-21-41(22-26-43)53(4,5)6)49-32-39(31-48(58)50(49)54)51-56-33-55-34-57-51/h17-36H,7-16H2,1-6H3. The summed E-state index contributed by atoms with van der Waals surface area (Å²) in [6.45, 7) is 13.9. The van der Waals surface area contributed by atoms with Gasteiger partial charge in [0.15, 0.2) is 5.82 Å². The predicted octanol–water partition coefficient (Wildman–Crippen LogP) is 12.3. The number of hydrogen-bond donors (Lipinski definition) is 0. The fraction of sp³-hybridized carbons (Fsp3) is 0.377. The van der Waals surface area contributed by atoms with Gasteiger partial charge in [-0.3, -0.25) is 0 Å². The number of anilines is 6. The fourth-order valence-corrected chi connectivity index (χ4v) is 10.7. The van der Waals surface area contributed by atoms with E-state index in [-0.39, 0.29) is 17.5 Å². The van der Waals surface area contributed by atoms with E-state index in [0.29, 0.717) is 17.7 Å². The highest BCUT2D eigenvalue weighted by atomic mass is 15.2. The van der Waals surface area contributed by atoms with Crippen LogP contribution >= 0.6 is 0 Å². The third-order valence-corrected chi connectivity index (χ3v) is 14.0. The Morgan fingerprint density at radius 2 is 0.915 bits per heavy atom. The summed E-state index contributed by atoms with van der Waals surface area (Å²) in [6, 6.07) is 38.5. The molecule has 4 aliphatic rings. The molecule has 0 amide bonds. The van der Waals surface area contributed by atoms with E-state index in [9.17, 15) is 0 Å². The number of aromatic nitrogens is 3. The molecule has 0 saturated heterocycles. The Balaban J connectivity index is 1.27. The summed E-state index contributed by atoms with van der Waals surface area (Å²) in [4.78, 5) is 18.9. The Bertz CT molecular complexity index is 2330. The highest BCUT2D eigenvalue weighted by Gasteiger charge is 2.44. The molecule has 2 saturated carbocycles. The predicted molar refractivity (Wildman–Crippen MR) is 248 cm³/mol. The number of rotatable bonds is 5. The second-order valence-corrected chi connectivity index (χ2v) is 19.9. The van der Waals surface area contributed by atoms with Gasteiger partial charge in [-0.15, -0.1) is 0 Å².